The molecule has 2 heterocycles. The number of carboxylic acid groups (broad SMARTS) is 1. The highest BCUT2D eigenvalue weighted by atomic mass is 16.5. The van der Waals surface area contributed by atoms with Crippen LogP contribution < -0.4 is 15.2 Å². The molecular weight excluding hydrogens is 320 g/mol. The number of rotatable bonds is 4. The van der Waals surface area contributed by atoms with Crippen molar-refractivity contribution in [2.24, 2.45) is 5.92 Å². The molecule has 1 aliphatic rings. The van der Waals surface area contributed by atoms with Gasteiger partial charge in [0.2, 0.25) is 0 Å². The minimum absolute atomic E-state index is 0.222. The van der Waals surface area contributed by atoms with Gasteiger partial charge in [0.05, 0.1) is 19.3 Å². The first-order chi connectivity index (χ1) is 11.8. The van der Waals surface area contributed by atoms with E-state index in [4.69, 9.17) is 4.74 Å². The highest BCUT2D eigenvalue weighted by molar-refractivity contribution is 5.88. The molecule has 0 spiro atoms. The van der Waals surface area contributed by atoms with Crippen LogP contribution in [0.15, 0.2) is 29.2 Å². The van der Waals surface area contributed by atoms with Crippen molar-refractivity contribution in [2.75, 3.05) is 18.7 Å². The van der Waals surface area contributed by atoms with Gasteiger partial charge in [-0.15, -0.1) is 0 Å². The molecule has 2 aromatic rings. The Morgan fingerprint density at radius 3 is 2.64 bits per heavy atom. The Bertz CT molecular complexity index is 899. The van der Waals surface area contributed by atoms with Gasteiger partial charge in [-0.3, -0.25) is 9.47 Å². The Morgan fingerprint density at radius 2 is 2.04 bits per heavy atom. The van der Waals surface area contributed by atoms with Crippen LogP contribution in [0.3, 0.4) is 0 Å². The SMILES string of the molecule is COc1cc2c(cc1C)CN(CC(C)C)n1cc(C(=O)O)c(=O)cc1-2. The highest BCUT2D eigenvalue weighted by Gasteiger charge is 2.25. The van der Waals surface area contributed by atoms with Crippen molar-refractivity contribution in [3.8, 4) is 17.0 Å². The molecular formula is C19H22N2O4. The van der Waals surface area contributed by atoms with E-state index in [0.29, 0.717) is 18.2 Å². The summed E-state index contributed by atoms with van der Waals surface area (Å²) in [6, 6.07) is 5.40. The van der Waals surface area contributed by atoms with E-state index in [-0.39, 0.29) is 5.56 Å². The predicted molar refractivity (Wildman–Crippen MR) is 96.0 cm³/mol. The highest BCUT2D eigenvalue weighted by Crippen LogP contribution is 2.34. The molecule has 1 N–H and O–H groups in total. The van der Waals surface area contributed by atoms with Crippen LogP contribution >= 0.6 is 0 Å². The summed E-state index contributed by atoms with van der Waals surface area (Å²) in [5.41, 5.74) is 3.01. The summed E-state index contributed by atoms with van der Waals surface area (Å²) in [6.07, 6.45) is 1.43. The molecule has 0 amide bonds. The first-order valence-corrected chi connectivity index (χ1v) is 8.25. The summed E-state index contributed by atoms with van der Waals surface area (Å²) in [5, 5.41) is 11.4. The third kappa shape index (κ3) is 2.99. The topological polar surface area (TPSA) is 71.8 Å². The zero-order valence-corrected chi connectivity index (χ0v) is 14.9. The van der Waals surface area contributed by atoms with E-state index >= 15 is 0 Å². The summed E-state index contributed by atoms with van der Waals surface area (Å²) in [7, 11) is 1.61. The lowest BCUT2D eigenvalue weighted by Gasteiger charge is -2.36. The Balaban J connectivity index is 2.26. The van der Waals surface area contributed by atoms with E-state index < -0.39 is 11.4 Å². The van der Waals surface area contributed by atoms with Crippen LogP contribution in [0.5, 0.6) is 5.75 Å². The summed E-state index contributed by atoms with van der Waals surface area (Å²) >= 11 is 0. The second-order valence-electron chi connectivity index (χ2n) is 6.81. The molecule has 0 bridgehead atoms. The molecule has 6 heteroatoms. The Hall–Kier alpha value is -2.76. The molecule has 0 fully saturated rings. The van der Waals surface area contributed by atoms with Crippen LogP contribution in [-0.2, 0) is 6.54 Å². The van der Waals surface area contributed by atoms with Gasteiger partial charge in [0.15, 0.2) is 5.43 Å². The van der Waals surface area contributed by atoms with E-state index in [1.807, 2.05) is 13.0 Å². The molecule has 6 nitrogen and oxygen atoms in total. The molecule has 0 aliphatic carbocycles. The maximum absolute atomic E-state index is 12.2. The first-order valence-electron chi connectivity index (χ1n) is 8.25. The van der Waals surface area contributed by atoms with Gasteiger partial charge in [-0.2, -0.15) is 0 Å². The summed E-state index contributed by atoms with van der Waals surface area (Å²) in [5.74, 6) is -0.0732. The number of nitrogens with zero attached hydrogens (tertiary/aromatic N) is 2. The quantitative estimate of drug-likeness (QED) is 0.925. The number of pyridine rings is 1. The number of methoxy groups -OCH3 is 1. The van der Waals surface area contributed by atoms with Gasteiger partial charge >= 0.3 is 5.97 Å². The Morgan fingerprint density at radius 1 is 1.32 bits per heavy atom. The van der Waals surface area contributed by atoms with E-state index in [1.165, 1.54) is 12.3 Å². The van der Waals surface area contributed by atoms with E-state index in [2.05, 4.69) is 24.9 Å². The van der Waals surface area contributed by atoms with Crippen molar-refractivity contribution in [1.29, 1.82) is 0 Å². The molecule has 25 heavy (non-hydrogen) atoms. The van der Waals surface area contributed by atoms with Crippen molar-refractivity contribution < 1.29 is 14.6 Å². The van der Waals surface area contributed by atoms with E-state index in [1.54, 1.807) is 11.8 Å². The lowest BCUT2D eigenvalue weighted by Crippen LogP contribution is -2.41. The van der Waals surface area contributed by atoms with Gasteiger partial charge in [-0.25, -0.2) is 4.79 Å². The predicted octanol–water partition coefficient (Wildman–Crippen LogP) is 2.64. The van der Waals surface area contributed by atoms with Crippen molar-refractivity contribution >= 4 is 5.97 Å². The fourth-order valence-corrected chi connectivity index (χ4v) is 3.30. The zero-order chi connectivity index (χ0) is 18.3. The van der Waals surface area contributed by atoms with Crippen LogP contribution in [0.4, 0.5) is 0 Å². The maximum atomic E-state index is 12.2. The third-order valence-corrected chi connectivity index (χ3v) is 4.39. The summed E-state index contributed by atoms with van der Waals surface area (Å²) in [4.78, 5) is 23.6. The number of fused-ring (bicyclic) bond motifs is 3. The number of carbonyl (C=O) groups is 1. The monoisotopic (exact) mass is 342 g/mol. The molecule has 0 radical (unpaired) electrons. The number of aryl methyl sites for hydroxylation is 1. The number of aromatic carboxylic acids is 1. The van der Waals surface area contributed by atoms with Gasteiger partial charge in [-0.1, -0.05) is 13.8 Å². The van der Waals surface area contributed by atoms with Crippen LogP contribution in [0.2, 0.25) is 0 Å². The second kappa shape index (κ2) is 6.27. The molecule has 3 rings (SSSR count). The number of ether oxygens (including phenoxy) is 1. The zero-order valence-electron chi connectivity index (χ0n) is 14.9. The number of hydrogen-bond donors (Lipinski definition) is 1. The summed E-state index contributed by atoms with van der Waals surface area (Å²) in [6.45, 7) is 7.60. The average Bonchev–Trinajstić information content (AvgIpc) is 2.53. The molecule has 1 aliphatic heterocycles. The van der Waals surface area contributed by atoms with Crippen molar-refractivity contribution in [1.82, 2.24) is 4.68 Å². The van der Waals surface area contributed by atoms with Crippen LogP contribution in [0.1, 0.15) is 35.3 Å². The maximum Gasteiger partial charge on any atom is 0.341 e. The molecule has 1 aromatic heterocycles. The van der Waals surface area contributed by atoms with Gasteiger partial charge in [0.1, 0.15) is 11.3 Å². The Labute approximate surface area is 146 Å². The third-order valence-electron chi connectivity index (χ3n) is 4.39. The minimum atomic E-state index is -1.21. The smallest absolute Gasteiger partial charge is 0.341 e. The Kier molecular flexibility index (Phi) is 4.29. The number of carboxylic acids is 1. The van der Waals surface area contributed by atoms with Crippen molar-refractivity contribution in [3.63, 3.8) is 0 Å². The standard InChI is InChI=1S/C19H22N2O4/c1-11(2)8-20-9-13-5-12(3)18(25-4)6-14(13)16-7-17(22)15(19(23)24)10-21(16)20/h5-7,10-11H,8-9H2,1-4H3,(H,23,24). The van der Waals surface area contributed by atoms with Crippen LogP contribution in [-0.4, -0.2) is 29.4 Å². The molecule has 132 valence electrons. The second-order valence-corrected chi connectivity index (χ2v) is 6.81. The van der Waals surface area contributed by atoms with Crippen LogP contribution in [0.25, 0.3) is 11.3 Å². The fraction of sp³-hybridized carbons (Fsp3) is 0.368. The normalized spacial score (nSPS) is 12.8. The molecule has 0 unspecified atom stereocenters. The largest absolute Gasteiger partial charge is 0.496 e. The number of hydrogen-bond acceptors (Lipinski definition) is 4. The molecule has 0 saturated carbocycles. The first kappa shape index (κ1) is 17.1. The lowest BCUT2D eigenvalue weighted by molar-refractivity contribution is 0.0694. The van der Waals surface area contributed by atoms with Gasteiger partial charge in [-0.05, 0) is 36.1 Å². The van der Waals surface area contributed by atoms with Gasteiger partial charge in [0, 0.05) is 24.4 Å². The van der Waals surface area contributed by atoms with E-state index in [9.17, 15) is 14.7 Å². The number of aromatic nitrogens is 1. The molecule has 1 aromatic carbocycles. The lowest BCUT2D eigenvalue weighted by atomic mass is 9.97. The van der Waals surface area contributed by atoms with Gasteiger partial charge < -0.3 is 14.9 Å². The number of benzene rings is 1. The van der Waals surface area contributed by atoms with Crippen molar-refractivity contribution in [2.45, 2.75) is 27.3 Å². The van der Waals surface area contributed by atoms with Crippen molar-refractivity contribution in [3.05, 3.63) is 51.3 Å². The minimum Gasteiger partial charge on any atom is -0.496 e. The molecule has 0 saturated heterocycles. The summed E-state index contributed by atoms with van der Waals surface area (Å²) < 4.78 is 7.21. The van der Waals surface area contributed by atoms with E-state index in [0.717, 1.165) is 29.0 Å². The van der Waals surface area contributed by atoms with Gasteiger partial charge in [0.25, 0.3) is 0 Å². The van der Waals surface area contributed by atoms with Crippen LogP contribution in [0, 0.1) is 12.8 Å². The average molecular weight is 342 g/mol. The molecule has 0 atom stereocenters. The fourth-order valence-electron chi connectivity index (χ4n) is 3.30.